The number of halogens is 1. The zero-order valence-electron chi connectivity index (χ0n) is 10.5. The summed E-state index contributed by atoms with van der Waals surface area (Å²) >= 11 is 0. The van der Waals surface area contributed by atoms with Crippen molar-refractivity contribution >= 4 is 18.5 Å². The summed E-state index contributed by atoms with van der Waals surface area (Å²) in [6.45, 7) is 1.59. The summed E-state index contributed by atoms with van der Waals surface area (Å²) in [5, 5.41) is 15.5. The van der Waals surface area contributed by atoms with Gasteiger partial charge in [-0.25, -0.2) is 4.79 Å². The molecule has 6 heteroatoms. The van der Waals surface area contributed by atoms with Gasteiger partial charge in [-0.3, -0.25) is 0 Å². The number of hydrogen-bond donors (Lipinski definition) is 3. The second-order valence-corrected chi connectivity index (χ2v) is 4.37. The van der Waals surface area contributed by atoms with Gasteiger partial charge in [-0.15, -0.1) is 12.4 Å². The Bertz CT molecular complexity index is 389. The Morgan fingerprint density at radius 3 is 2.84 bits per heavy atom. The van der Waals surface area contributed by atoms with Crippen LogP contribution in [0.1, 0.15) is 12.0 Å². The van der Waals surface area contributed by atoms with E-state index in [9.17, 15) is 9.90 Å². The molecule has 2 rings (SSSR count). The highest BCUT2D eigenvalue weighted by Crippen LogP contribution is 2.04. The predicted octanol–water partition coefficient (Wildman–Crippen LogP) is 1.06. The normalized spacial score (nSPS) is 22.2. The van der Waals surface area contributed by atoms with Gasteiger partial charge in [0.05, 0.1) is 12.1 Å². The predicted molar refractivity (Wildman–Crippen MR) is 74.3 cm³/mol. The van der Waals surface area contributed by atoms with Gasteiger partial charge < -0.3 is 20.5 Å². The maximum Gasteiger partial charge on any atom is 0.407 e. The van der Waals surface area contributed by atoms with Crippen LogP contribution in [0.2, 0.25) is 0 Å². The molecule has 3 N–H and O–H groups in total. The molecule has 0 aromatic heterocycles. The molecule has 0 spiro atoms. The number of aliphatic hydroxyl groups is 1. The summed E-state index contributed by atoms with van der Waals surface area (Å²) in [6, 6.07) is 9.21. The highest BCUT2D eigenvalue weighted by molar-refractivity contribution is 5.85. The topological polar surface area (TPSA) is 70.6 Å². The molecule has 1 aromatic rings. The van der Waals surface area contributed by atoms with Crippen LogP contribution in [0.5, 0.6) is 0 Å². The van der Waals surface area contributed by atoms with E-state index in [2.05, 4.69) is 10.6 Å². The summed E-state index contributed by atoms with van der Waals surface area (Å²) in [5.41, 5.74) is 0.940. The fraction of sp³-hybridized carbons (Fsp3) is 0.462. The molecule has 2 atom stereocenters. The van der Waals surface area contributed by atoms with Crippen molar-refractivity contribution < 1.29 is 14.6 Å². The Balaban J connectivity index is 0.00000180. The summed E-state index contributed by atoms with van der Waals surface area (Å²) < 4.78 is 5.09. The first-order valence-electron chi connectivity index (χ1n) is 6.11. The number of amides is 1. The number of hydrogen-bond acceptors (Lipinski definition) is 4. The fourth-order valence-electron chi connectivity index (χ4n) is 1.91. The van der Waals surface area contributed by atoms with Crippen molar-refractivity contribution in [2.75, 3.05) is 13.1 Å². The van der Waals surface area contributed by atoms with Gasteiger partial charge in [-0.05, 0) is 18.5 Å². The number of ether oxygens (including phenoxy) is 1. The van der Waals surface area contributed by atoms with Crippen molar-refractivity contribution in [2.24, 2.45) is 0 Å². The molecular formula is C13H19ClN2O3. The smallest absolute Gasteiger partial charge is 0.407 e. The van der Waals surface area contributed by atoms with Crippen LogP contribution in [-0.2, 0) is 11.3 Å². The average molecular weight is 287 g/mol. The number of benzene rings is 1. The van der Waals surface area contributed by atoms with Crippen molar-refractivity contribution in [3.8, 4) is 0 Å². The first-order valence-corrected chi connectivity index (χ1v) is 6.11. The molecule has 19 heavy (non-hydrogen) atoms. The Labute approximate surface area is 118 Å². The highest BCUT2D eigenvalue weighted by atomic mass is 35.5. The third-order valence-corrected chi connectivity index (χ3v) is 2.96. The number of aliphatic hydroxyl groups excluding tert-OH is 1. The van der Waals surface area contributed by atoms with E-state index in [1.807, 2.05) is 30.3 Å². The summed E-state index contributed by atoms with van der Waals surface area (Å²) in [4.78, 5) is 11.6. The number of piperidine rings is 1. The maximum absolute atomic E-state index is 11.6. The number of alkyl carbamates (subject to hydrolysis) is 1. The quantitative estimate of drug-likeness (QED) is 0.777. The SMILES string of the molecule is Cl.O=C(N[C@@H]1CNCC[C@@H]1O)OCc1ccccc1. The van der Waals surface area contributed by atoms with Crippen LogP contribution in [-0.4, -0.2) is 36.4 Å². The Morgan fingerprint density at radius 2 is 2.16 bits per heavy atom. The third-order valence-electron chi connectivity index (χ3n) is 2.96. The zero-order valence-corrected chi connectivity index (χ0v) is 11.4. The highest BCUT2D eigenvalue weighted by Gasteiger charge is 2.24. The molecule has 0 bridgehead atoms. The second-order valence-electron chi connectivity index (χ2n) is 4.37. The minimum Gasteiger partial charge on any atom is -0.445 e. The van der Waals surface area contributed by atoms with Crippen molar-refractivity contribution in [3.05, 3.63) is 35.9 Å². The molecule has 1 fully saturated rings. The number of carbonyl (C=O) groups excluding carboxylic acids is 1. The molecule has 1 aromatic carbocycles. The van der Waals surface area contributed by atoms with E-state index in [0.29, 0.717) is 13.0 Å². The van der Waals surface area contributed by atoms with Gasteiger partial charge in [0.1, 0.15) is 6.61 Å². The third kappa shape index (κ3) is 5.06. The van der Waals surface area contributed by atoms with E-state index in [-0.39, 0.29) is 25.1 Å². The molecule has 0 radical (unpaired) electrons. The van der Waals surface area contributed by atoms with Crippen LogP contribution >= 0.6 is 12.4 Å². The van der Waals surface area contributed by atoms with E-state index in [0.717, 1.165) is 12.1 Å². The Hall–Kier alpha value is -1.30. The van der Waals surface area contributed by atoms with E-state index in [4.69, 9.17) is 4.74 Å². The first kappa shape index (κ1) is 15.8. The Morgan fingerprint density at radius 1 is 1.42 bits per heavy atom. The van der Waals surface area contributed by atoms with E-state index in [1.165, 1.54) is 0 Å². The van der Waals surface area contributed by atoms with Crippen LogP contribution < -0.4 is 10.6 Å². The van der Waals surface area contributed by atoms with Gasteiger partial charge >= 0.3 is 6.09 Å². The molecule has 106 valence electrons. The summed E-state index contributed by atoms with van der Waals surface area (Å²) in [5.74, 6) is 0. The molecular weight excluding hydrogens is 268 g/mol. The monoisotopic (exact) mass is 286 g/mol. The molecule has 5 nitrogen and oxygen atoms in total. The van der Waals surface area contributed by atoms with E-state index >= 15 is 0 Å². The number of nitrogens with one attached hydrogen (secondary N) is 2. The van der Waals surface area contributed by atoms with Crippen molar-refractivity contribution in [1.82, 2.24) is 10.6 Å². The van der Waals surface area contributed by atoms with Gasteiger partial charge in [-0.1, -0.05) is 30.3 Å². The molecule has 1 saturated heterocycles. The number of carbonyl (C=O) groups is 1. The van der Waals surface area contributed by atoms with Gasteiger partial charge in [0.25, 0.3) is 0 Å². The number of rotatable bonds is 3. The summed E-state index contributed by atoms with van der Waals surface area (Å²) in [7, 11) is 0. The second kappa shape index (κ2) is 7.99. The van der Waals surface area contributed by atoms with E-state index < -0.39 is 12.2 Å². The Kier molecular flexibility index (Phi) is 6.62. The van der Waals surface area contributed by atoms with Crippen LogP contribution in [0.3, 0.4) is 0 Å². The van der Waals surface area contributed by atoms with Crippen LogP contribution in [0.25, 0.3) is 0 Å². The van der Waals surface area contributed by atoms with Crippen molar-refractivity contribution in [2.45, 2.75) is 25.2 Å². The lowest BCUT2D eigenvalue weighted by atomic mass is 10.0. The molecule has 0 unspecified atom stereocenters. The zero-order chi connectivity index (χ0) is 12.8. The van der Waals surface area contributed by atoms with Gasteiger partial charge in [0, 0.05) is 6.54 Å². The summed E-state index contributed by atoms with van der Waals surface area (Å²) in [6.07, 6.45) is -0.356. The lowest BCUT2D eigenvalue weighted by Crippen LogP contribution is -2.53. The van der Waals surface area contributed by atoms with E-state index in [1.54, 1.807) is 0 Å². The fourth-order valence-corrected chi connectivity index (χ4v) is 1.91. The molecule has 1 aliphatic rings. The lowest BCUT2D eigenvalue weighted by Gasteiger charge is -2.28. The van der Waals surface area contributed by atoms with Crippen LogP contribution in [0.15, 0.2) is 30.3 Å². The lowest BCUT2D eigenvalue weighted by molar-refractivity contribution is 0.0843. The van der Waals surface area contributed by atoms with Crippen LogP contribution in [0, 0.1) is 0 Å². The minimum absolute atomic E-state index is 0. The molecule has 1 aliphatic heterocycles. The molecule has 0 saturated carbocycles. The maximum atomic E-state index is 11.6. The van der Waals surface area contributed by atoms with Gasteiger partial charge in [-0.2, -0.15) is 0 Å². The van der Waals surface area contributed by atoms with Gasteiger partial charge in [0.15, 0.2) is 0 Å². The van der Waals surface area contributed by atoms with Crippen molar-refractivity contribution in [1.29, 1.82) is 0 Å². The van der Waals surface area contributed by atoms with Crippen LogP contribution in [0.4, 0.5) is 4.79 Å². The standard InChI is InChI=1S/C13H18N2O3.ClH/c16-12-6-7-14-8-11(12)15-13(17)18-9-10-4-2-1-3-5-10;/h1-5,11-12,14,16H,6-9H2,(H,15,17);1H/t11-,12+;/m1./s1. The first-order chi connectivity index (χ1) is 8.75. The molecule has 1 amide bonds. The molecule has 0 aliphatic carbocycles. The van der Waals surface area contributed by atoms with Gasteiger partial charge in [0.2, 0.25) is 0 Å². The minimum atomic E-state index is -0.504. The largest absolute Gasteiger partial charge is 0.445 e. The molecule has 1 heterocycles. The van der Waals surface area contributed by atoms with Crippen molar-refractivity contribution in [3.63, 3.8) is 0 Å². The average Bonchev–Trinajstić information content (AvgIpc) is 2.40.